The first-order valence-corrected chi connectivity index (χ1v) is 7.59. The molecule has 0 aromatic carbocycles. The fourth-order valence-corrected chi connectivity index (χ4v) is 3.75. The second-order valence-corrected chi connectivity index (χ2v) is 6.13. The number of hydrogen-bond acceptors (Lipinski definition) is 3. The Balaban J connectivity index is 1.38. The van der Waals surface area contributed by atoms with Crippen LogP contribution in [0.3, 0.4) is 0 Å². The van der Waals surface area contributed by atoms with Gasteiger partial charge in [-0.05, 0) is 77.3 Å². The zero-order chi connectivity index (χ0) is 11.5. The van der Waals surface area contributed by atoms with Gasteiger partial charge in [0.1, 0.15) is 0 Å². The summed E-state index contributed by atoms with van der Waals surface area (Å²) in [4.78, 5) is 5.44. The Morgan fingerprint density at radius 3 is 2.71 bits per heavy atom. The van der Waals surface area contributed by atoms with E-state index < -0.39 is 0 Å². The first kappa shape index (κ1) is 11.9. The summed E-state index contributed by atoms with van der Waals surface area (Å²) in [5.41, 5.74) is 0. The molecule has 0 spiro atoms. The summed E-state index contributed by atoms with van der Waals surface area (Å²) < 4.78 is 0. The molecule has 0 bridgehead atoms. The molecule has 0 aliphatic carbocycles. The summed E-state index contributed by atoms with van der Waals surface area (Å²) in [6.45, 7) is 9.29. The van der Waals surface area contributed by atoms with Crippen molar-refractivity contribution < 1.29 is 0 Å². The van der Waals surface area contributed by atoms with Crippen molar-refractivity contribution in [2.75, 3.05) is 45.8 Å². The third-order valence-electron chi connectivity index (χ3n) is 4.92. The number of likely N-dealkylation sites (tertiary alicyclic amines) is 2. The topological polar surface area (TPSA) is 18.5 Å². The molecule has 0 saturated carbocycles. The van der Waals surface area contributed by atoms with E-state index in [1.165, 1.54) is 77.9 Å². The van der Waals surface area contributed by atoms with Crippen LogP contribution in [0.5, 0.6) is 0 Å². The van der Waals surface area contributed by atoms with Crippen molar-refractivity contribution in [2.24, 2.45) is 5.92 Å². The van der Waals surface area contributed by atoms with Crippen molar-refractivity contribution in [1.82, 2.24) is 15.1 Å². The van der Waals surface area contributed by atoms with E-state index in [-0.39, 0.29) is 0 Å². The molecule has 3 aliphatic heterocycles. The van der Waals surface area contributed by atoms with Crippen LogP contribution in [0.4, 0.5) is 0 Å². The Kier molecular flexibility index (Phi) is 3.99. The minimum Gasteiger partial charge on any atom is -0.316 e. The molecular weight excluding hydrogens is 210 g/mol. The minimum absolute atomic E-state index is 0.888. The molecule has 3 heteroatoms. The third kappa shape index (κ3) is 3.01. The van der Waals surface area contributed by atoms with Gasteiger partial charge in [0.05, 0.1) is 0 Å². The molecule has 2 atom stereocenters. The van der Waals surface area contributed by atoms with Gasteiger partial charge < -0.3 is 10.2 Å². The van der Waals surface area contributed by atoms with Crippen LogP contribution < -0.4 is 5.32 Å². The Morgan fingerprint density at radius 2 is 1.94 bits per heavy atom. The highest BCUT2D eigenvalue weighted by Crippen LogP contribution is 2.21. The standard InChI is InChI=1S/C14H27N3/c1-2-8-17(7-1)14-5-10-16(12-14)9-4-13-3-6-15-11-13/h13-15H,1-12H2. The van der Waals surface area contributed by atoms with Gasteiger partial charge in [-0.3, -0.25) is 4.90 Å². The van der Waals surface area contributed by atoms with Gasteiger partial charge in [0.2, 0.25) is 0 Å². The van der Waals surface area contributed by atoms with E-state index >= 15 is 0 Å². The molecular formula is C14H27N3. The maximum absolute atomic E-state index is 3.47. The van der Waals surface area contributed by atoms with Gasteiger partial charge in [-0.1, -0.05) is 0 Å². The van der Waals surface area contributed by atoms with Crippen LogP contribution in [-0.2, 0) is 0 Å². The first-order chi connectivity index (χ1) is 8.42. The van der Waals surface area contributed by atoms with E-state index in [0.717, 1.165) is 12.0 Å². The number of nitrogens with one attached hydrogen (secondary N) is 1. The minimum atomic E-state index is 0.888. The Bertz CT molecular complexity index is 232. The van der Waals surface area contributed by atoms with Gasteiger partial charge in [0.25, 0.3) is 0 Å². The average Bonchev–Trinajstić information content (AvgIpc) is 3.09. The maximum Gasteiger partial charge on any atom is 0.0235 e. The van der Waals surface area contributed by atoms with Crippen LogP contribution in [-0.4, -0.2) is 61.7 Å². The zero-order valence-electron chi connectivity index (χ0n) is 11.0. The molecule has 0 amide bonds. The van der Waals surface area contributed by atoms with Crippen LogP contribution in [0.25, 0.3) is 0 Å². The van der Waals surface area contributed by atoms with Gasteiger partial charge in [0, 0.05) is 12.6 Å². The number of hydrogen-bond donors (Lipinski definition) is 1. The molecule has 3 saturated heterocycles. The monoisotopic (exact) mass is 237 g/mol. The molecule has 0 aromatic rings. The van der Waals surface area contributed by atoms with Crippen LogP contribution in [0, 0.1) is 5.92 Å². The van der Waals surface area contributed by atoms with Crippen molar-refractivity contribution in [1.29, 1.82) is 0 Å². The lowest BCUT2D eigenvalue weighted by Gasteiger charge is -2.24. The van der Waals surface area contributed by atoms with E-state index in [9.17, 15) is 0 Å². The molecule has 0 aromatic heterocycles. The van der Waals surface area contributed by atoms with Gasteiger partial charge in [-0.2, -0.15) is 0 Å². The fourth-order valence-electron chi connectivity index (χ4n) is 3.75. The van der Waals surface area contributed by atoms with E-state index in [0.29, 0.717) is 0 Å². The second-order valence-electron chi connectivity index (χ2n) is 6.13. The van der Waals surface area contributed by atoms with E-state index in [2.05, 4.69) is 15.1 Å². The molecule has 0 radical (unpaired) electrons. The Hall–Kier alpha value is -0.120. The lowest BCUT2D eigenvalue weighted by molar-refractivity contribution is 0.227. The summed E-state index contributed by atoms with van der Waals surface area (Å²) >= 11 is 0. The van der Waals surface area contributed by atoms with E-state index in [1.807, 2.05) is 0 Å². The van der Waals surface area contributed by atoms with Gasteiger partial charge in [-0.25, -0.2) is 0 Å². The van der Waals surface area contributed by atoms with Gasteiger partial charge in [-0.15, -0.1) is 0 Å². The second kappa shape index (κ2) is 5.68. The molecule has 3 nitrogen and oxygen atoms in total. The zero-order valence-corrected chi connectivity index (χ0v) is 11.0. The quantitative estimate of drug-likeness (QED) is 0.791. The van der Waals surface area contributed by atoms with Crippen LogP contribution in [0.1, 0.15) is 32.1 Å². The summed E-state index contributed by atoms with van der Waals surface area (Å²) in [6.07, 6.45) is 7.11. The highest BCUT2D eigenvalue weighted by Gasteiger charge is 2.29. The van der Waals surface area contributed by atoms with Gasteiger partial charge >= 0.3 is 0 Å². The number of nitrogens with zero attached hydrogens (tertiary/aromatic N) is 2. The molecule has 3 aliphatic rings. The van der Waals surface area contributed by atoms with Crippen molar-refractivity contribution in [2.45, 2.75) is 38.1 Å². The summed E-state index contributed by atoms with van der Waals surface area (Å²) in [5.74, 6) is 0.959. The highest BCUT2D eigenvalue weighted by molar-refractivity contribution is 4.86. The molecule has 3 heterocycles. The van der Waals surface area contributed by atoms with Crippen LogP contribution in [0.15, 0.2) is 0 Å². The predicted molar refractivity (Wildman–Crippen MR) is 71.2 cm³/mol. The number of rotatable bonds is 4. The molecule has 98 valence electrons. The van der Waals surface area contributed by atoms with E-state index in [1.54, 1.807) is 0 Å². The molecule has 2 unspecified atom stereocenters. The summed E-state index contributed by atoms with van der Waals surface area (Å²) in [7, 11) is 0. The lowest BCUT2D eigenvalue weighted by Crippen LogP contribution is -2.35. The Morgan fingerprint density at radius 1 is 1.06 bits per heavy atom. The normalized spacial score (nSPS) is 36.0. The van der Waals surface area contributed by atoms with Crippen molar-refractivity contribution in [3.05, 3.63) is 0 Å². The summed E-state index contributed by atoms with van der Waals surface area (Å²) in [6, 6.07) is 0.888. The smallest absolute Gasteiger partial charge is 0.0235 e. The van der Waals surface area contributed by atoms with Crippen molar-refractivity contribution >= 4 is 0 Å². The lowest BCUT2D eigenvalue weighted by atomic mass is 10.1. The van der Waals surface area contributed by atoms with Gasteiger partial charge in [0.15, 0.2) is 0 Å². The van der Waals surface area contributed by atoms with Crippen molar-refractivity contribution in [3.63, 3.8) is 0 Å². The Labute approximate surface area is 106 Å². The predicted octanol–water partition coefficient (Wildman–Crippen LogP) is 1.16. The van der Waals surface area contributed by atoms with Crippen LogP contribution >= 0.6 is 0 Å². The maximum atomic E-state index is 3.47. The fraction of sp³-hybridized carbons (Fsp3) is 1.00. The molecule has 3 fully saturated rings. The summed E-state index contributed by atoms with van der Waals surface area (Å²) in [5, 5.41) is 3.47. The molecule has 1 N–H and O–H groups in total. The van der Waals surface area contributed by atoms with E-state index in [4.69, 9.17) is 0 Å². The average molecular weight is 237 g/mol. The van der Waals surface area contributed by atoms with Crippen LogP contribution in [0.2, 0.25) is 0 Å². The molecule has 17 heavy (non-hydrogen) atoms. The van der Waals surface area contributed by atoms with Crippen molar-refractivity contribution in [3.8, 4) is 0 Å². The SMILES string of the molecule is C1CCN(C2CCN(CCC3CCNC3)C2)C1. The largest absolute Gasteiger partial charge is 0.316 e. The molecule has 3 rings (SSSR count). The first-order valence-electron chi connectivity index (χ1n) is 7.59. The highest BCUT2D eigenvalue weighted by atomic mass is 15.3. The third-order valence-corrected chi connectivity index (χ3v) is 4.92.